The lowest BCUT2D eigenvalue weighted by atomic mass is 10.2. The van der Waals surface area contributed by atoms with Crippen molar-refractivity contribution in [1.29, 1.82) is 0 Å². The van der Waals surface area contributed by atoms with Gasteiger partial charge in [-0.3, -0.25) is 0 Å². The normalized spacial score (nSPS) is 10.0. The smallest absolute Gasteiger partial charge is 0.125 e. The molecule has 0 radical (unpaired) electrons. The standard InChI is InChI=1S/C7H5Br2F/c1-4-6(8)2-5(10)3-7(4)9/h2-3H,1H3. The Balaban J connectivity index is 3.31. The third-order valence-corrected chi connectivity index (χ3v) is 2.89. The zero-order chi connectivity index (χ0) is 7.72. The van der Waals surface area contributed by atoms with Gasteiger partial charge < -0.3 is 0 Å². The fourth-order valence-corrected chi connectivity index (χ4v) is 1.74. The Morgan fingerprint density at radius 3 is 2.00 bits per heavy atom. The van der Waals surface area contributed by atoms with Crippen molar-refractivity contribution < 1.29 is 4.39 Å². The van der Waals surface area contributed by atoms with Crippen molar-refractivity contribution in [2.24, 2.45) is 0 Å². The van der Waals surface area contributed by atoms with Crippen LogP contribution in [0.3, 0.4) is 0 Å². The quantitative estimate of drug-likeness (QED) is 0.673. The summed E-state index contributed by atoms with van der Waals surface area (Å²) in [5, 5.41) is 0. The summed E-state index contributed by atoms with van der Waals surface area (Å²) in [6.45, 7) is 1.91. The minimum absolute atomic E-state index is 0.232. The van der Waals surface area contributed by atoms with Gasteiger partial charge in [-0.25, -0.2) is 4.39 Å². The minimum atomic E-state index is -0.232. The molecule has 0 aliphatic heterocycles. The lowest BCUT2D eigenvalue weighted by Crippen LogP contribution is -1.80. The summed E-state index contributed by atoms with van der Waals surface area (Å²) in [5.41, 5.74) is 1.02. The maximum absolute atomic E-state index is 12.5. The minimum Gasteiger partial charge on any atom is -0.207 e. The van der Waals surface area contributed by atoms with Gasteiger partial charge in [-0.1, -0.05) is 31.9 Å². The van der Waals surface area contributed by atoms with E-state index in [0.29, 0.717) is 0 Å². The maximum Gasteiger partial charge on any atom is 0.125 e. The highest BCUT2D eigenvalue weighted by Crippen LogP contribution is 2.25. The van der Waals surface area contributed by atoms with Crippen LogP contribution in [0.25, 0.3) is 0 Å². The van der Waals surface area contributed by atoms with Crippen molar-refractivity contribution in [1.82, 2.24) is 0 Å². The van der Waals surface area contributed by atoms with Gasteiger partial charge in [0.25, 0.3) is 0 Å². The van der Waals surface area contributed by atoms with E-state index in [-0.39, 0.29) is 5.82 Å². The van der Waals surface area contributed by atoms with Crippen molar-refractivity contribution in [3.05, 3.63) is 32.5 Å². The van der Waals surface area contributed by atoms with Crippen molar-refractivity contribution in [2.75, 3.05) is 0 Å². The van der Waals surface area contributed by atoms with Crippen molar-refractivity contribution in [2.45, 2.75) is 6.92 Å². The van der Waals surface area contributed by atoms with Crippen LogP contribution in [0, 0.1) is 12.7 Å². The first-order valence-corrected chi connectivity index (χ1v) is 4.31. The molecule has 0 bridgehead atoms. The van der Waals surface area contributed by atoms with Crippen LogP contribution in [0.2, 0.25) is 0 Å². The number of rotatable bonds is 0. The highest BCUT2D eigenvalue weighted by Gasteiger charge is 2.01. The summed E-state index contributed by atoms with van der Waals surface area (Å²) in [7, 11) is 0. The summed E-state index contributed by atoms with van der Waals surface area (Å²) in [4.78, 5) is 0. The predicted molar refractivity (Wildman–Crippen MR) is 46.5 cm³/mol. The van der Waals surface area contributed by atoms with E-state index in [4.69, 9.17) is 0 Å². The molecule has 0 heterocycles. The first-order chi connectivity index (χ1) is 4.61. The highest BCUT2D eigenvalue weighted by atomic mass is 79.9. The van der Waals surface area contributed by atoms with E-state index in [1.54, 1.807) is 0 Å². The summed E-state index contributed by atoms with van der Waals surface area (Å²) in [5.74, 6) is -0.232. The average molecular weight is 268 g/mol. The molecule has 0 aliphatic rings. The molecule has 54 valence electrons. The second-order valence-corrected chi connectivity index (χ2v) is 3.70. The largest absolute Gasteiger partial charge is 0.207 e. The zero-order valence-electron chi connectivity index (χ0n) is 5.29. The first-order valence-electron chi connectivity index (χ1n) is 2.72. The molecule has 0 saturated heterocycles. The summed E-state index contributed by atoms with van der Waals surface area (Å²) in [6, 6.07) is 2.89. The molecular formula is C7H5Br2F. The van der Waals surface area contributed by atoms with Gasteiger partial charge in [-0.05, 0) is 24.6 Å². The molecule has 0 aromatic heterocycles. The number of hydrogen-bond donors (Lipinski definition) is 0. The van der Waals surface area contributed by atoms with E-state index < -0.39 is 0 Å². The number of benzene rings is 1. The second kappa shape index (κ2) is 3.01. The van der Waals surface area contributed by atoms with E-state index in [1.807, 2.05) is 6.92 Å². The van der Waals surface area contributed by atoms with E-state index in [2.05, 4.69) is 31.9 Å². The van der Waals surface area contributed by atoms with Crippen molar-refractivity contribution in [3.63, 3.8) is 0 Å². The fourth-order valence-electron chi connectivity index (χ4n) is 0.614. The van der Waals surface area contributed by atoms with E-state index in [9.17, 15) is 4.39 Å². The summed E-state index contributed by atoms with van der Waals surface area (Å²) < 4.78 is 14.1. The maximum atomic E-state index is 12.5. The number of halogens is 3. The Morgan fingerprint density at radius 1 is 1.20 bits per heavy atom. The van der Waals surface area contributed by atoms with Gasteiger partial charge in [-0.15, -0.1) is 0 Å². The van der Waals surface area contributed by atoms with Gasteiger partial charge in [0.15, 0.2) is 0 Å². The van der Waals surface area contributed by atoms with Crippen LogP contribution in [0.4, 0.5) is 4.39 Å². The molecule has 10 heavy (non-hydrogen) atoms. The molecule has 1 rings (SSSR count). The first kappa shape index (κ1) is 8.21. The van der Waals surface area contributed by atoms with Crippen LogP contribution in [0.5, 0.6) is 0 Å². The molecule has 3 heteroatoms. The lowest BCUT2D eigenvalue weighted by Gasteiger charge is -1.99. The molecule has 1 aromatic carbocycles. The number of hydrogen-bond acceptors (Lipinski definition) is 0. The molecular weight excluding hydrogens is 263 g/mol. The van der Waals surface area contributed by atoms with Crippen LogP contribution < -0.4 is 0 Å². The average Bonchev–Trinajstić information content (AvgIpc) is 1.82. The molecule has 0 aliphatic carbocycles. The predicted octanol–water partition coefficient (Wildman–Crippen LogP) is 3.66. The zero-order valence-corrected chi connectivity index (χ0v) is 8.46. The molecule has 1 aromatic rings. The van der Waals surface area contributed by atoms with E-state index >= 15 is 0 Å². The molecule has 0 atom stereocenters. The lowest BCUT2D eigenvalue weighted by molar-refractivity contribution is 0.625. The Kier molecular flexibility index (Phi) is 2.47. The molecule has 0 amide bonds. The SMILES string of the molecule is Cc1c(Br)cc(F)cc1Br. The Hall–Kier alpha value is 0.110. The van der Waals surface area contributed by atoms with E-state index in [0.717, 1.165) is 14.5 Å². The van der Waals surface area contributed by atoms with Crippen LogP contribution in [0.1, 0.15) is 5.56 Å². The van der Waals surface area contributed by atoms with Crippen LogP contribution in [-0.4, -0.2) is 0 Å². The van der Waals surface area contributed by atoms with Gasteiger partial charge in [-0.2, -0.15) is 0 Å². The van der Waals surface area contributed by atoms with Crippen LogP contribution in [0.15, 0.2) is 21.1 Å². The Labute approximate surface area is 75.7 Å². The van der Waals surface area contributed by atoms with Crippen LogP contribution >= 0.6 is 31.9 Å². The second-order valence-electron chi connectivity index (χ2n) is 1.99. The molecule has 0 unspecified atom stereocenters. The molecule has 0 spiro atoms. The van der Waals surface area contributed by atoms with Crippen molar-refractivity contribution >= 4 is 31.9 Å². The Morgan fingerprint density at radius 2 is 1.60 bits per heavy atom. The highest BCUT2D eigenvalue weighted by molar-refractivity contribution is 9.11. The van der Waals surface area contributed by atoms with Gasteiger partial charge in [0.1, 0.15) is 5.82 Å². The monoisotopic (exact) mass is 266 g/mol. The molecule has 0 fully saturated rings. The summed E-state index contributed by atoms with van der Waals surface area (Å²) in [6.07, 6.45) is 0. The van der Waals surface area contributed by atoms with E-state index in [1.165, 1.54) is 12.1 Å². The summed E-state index contributed by atoms with van der Waals surface area (Å²) >= 11 is 6.45. The van der Waals surface area contributed by atoms with Gasteiger partial charge in [0.05, 0.1) is 0 Å². The fraction of sp³-hybridized carbons (Fsp3) is 0.143. The third-order valence-electron chi connectivity index (χ3n) is 1.25. The molecule has 0 N–H and O–H groups in total. The topological polar surface area (TPSA) is 0 Å². The van der Waals surface area contributed by atoms with Gasteiger partial charge in [0.2, 0.25) is 0 Å². The third kappa shape index (κ3) is 1.58. The van der Waals surface area contributed by atoms with Gasteiger partial charge >= 0.3 is 0 Å². The Bertz CT molecular complexity index is 235. The molecule has 0 saturated carbocycles. The van der Waals surface area contributed by atoms with Crippen LogP contribution in [-0.2, 0) is 0 Å². The molecule has 0 nitrogen and oxygen atoms in total. The van der Waals surface area contributed by atoms with Gasteiger partial charge in [0, 0.05) is 8.95 Å². The van der Waals surface area contributed by atoms with Crippen molar-refractivity contribution in [3.8, 4) is 0 Å².